The summed E-state index contributed by atoms with van der Waals surface area (Å²) in [7, 11) is 4.02. The molecule has 0 fully saturated rings. The summed E-state index contributed by atoms with van der Waals surface area (Å²) in [6.45, 7) is 2.89. The van der Waals surface area contributed by atoms with Crippen LogP contribution in [0.3, 0.4) is 0 Å². The minimum absolute atomic E-state index is 0.00356. The second-order valence-electron chi connectivity index (χ2n) is 3.85. The maximum atomic E-state index is 10.7. The van der Waals surface area contributed by atoms with Gasteiger partial charge >= 0.3 is 0 Å². The molecular formula is C12H19N3O. The summed E-state index contributed by atoms with van der Waals surface area (Å²) in [5, 5.41) is 6.00. The van der Waals surface area contributed by atoms with Gasteiger partial charge in [0.15, 0.2) is 0 Å². The summed E-state index contributed by atoms with van der Waals surface area (Å²) in [6, 6.07) is 8.16. The zero-order chi connectivity index (χ0) is 12.0. The van der Waals surface area contributed by atoms with E-state index >= 15 is 0 Å². The molecule has 0 aliphatic carbocycles. The Morgan fingerprint density at radius 2 is 2.06 bits per heavy atom. The molecule has 0 saturated carbocycles. The number of benzene rings is 1. The topological polar surface area (TPSA) is 44.4 Å². The van der Waals surface area contributed by atoms with Crippen molar-refractivity contribution < 1.29 is 4.79 Å². The van der Waals surface area contributed by atoms with Gasteiger partial charge in [-0.15, -0.1) is 0 Å². The summed E-state index contributed by atoms with van der Waals surface area (Å²) in [4.78, 5) is 12.7. The van der Waals surface area contributed by atoms with Gasteiger partial charge in [0.05, 0.1) is 0 Å². The Hall–Kier alpha value is -1.71. The van der Waals surface area contributed by atoms with Crippen molar-refractivity contribution in [3.63, 3.8) is 0 Å². The molecule has 0 heterocycles. The van der Waals surface area contributed by atoms with Crippen LogP contribution in [0.25, 0.3) is 0 Å². The third-order valence-electron chi connectivity index (χ3n) is 2.19. The highest BCUT2D eigenvalue weighted by molar-refractivity contribution is 5.72. The molecule has 0 aliphatic heterocycles. The van der Waals surface area contributed by atoms with E-state index in [1.54, 1.807) is 0 Å². The SMILES string of the molecule is CC(=O)NCCNc1cccc(N(C)C)c1. The van der Waals surface area contributed by atoms with E-state index in [2.05, 4.69) is 27.7 Å². The van der Waals surface area contributed by atoms with E-state index in [1.165, 1.54) is 6.92 Å². The van der Waals surface area contributed by atoms with Gasteiger partial charge < -0.3 is 15.5 Å². The van der Waals surface area contributed by atoms with Crippen molar-refractivity contribution >= 4 is 17.3 Å². The van der Waals surface area contributed by atoms with Crippen molar-refractivity contribution in [2.45, 2.75) is 6.92 Å². The molecule has 2 N–H and O–H groups in total. The molecule has 0 aromatic heterocycles. The molecule has 0 aliphatic rings. The molecular weight excluding hydrogens is 202 g/mol. The Morgan fingerprint density at radius 3 is 2.69 bits per heavy atom. The zero-order valence-corrected chi connectivity index (χ0v) is 10.1. The summed E-state index contributed by atoms with van der Waals surface area (Å²) in [6.07, 6.45) is 0. The van der Waals surface area contributed by atoms with E-state index in [4.69, 9.17) is 0 Å². The Morgan fingerprint density at radius 1 is 1.31 bits per heavy atom. The minimum atomic E-state index is 0.00356. The standard InChI is InChI=1S/C12H19N3O/c1-10(16)13-7-8-14-11-5-4-6-12(9-11)15(2)3/h4-6,9,14H,7-8H2,1-3H3,(H,13,16). The predicted molar refractivity (Wildman–Crippen MR) is 67.9 cm³/mol. The lowest BCUT2D eigenvalue weighted by Crippen LogP contribution is -2.26. The number of nitrogens with zero attached hydrogens (tertiary/aromatic N) is 1. The smallest absolute Gasteiger partial charge is 0.216 e. The molecule has 1 amide bonds. The minimum Gasteiger partial charge on any atom is -0.383 e. The van der Waals surface area contributed by atoms with Gasteiger partial charge in [0.1, 0.15) is 0 Å². The monoisotopic (exact) mass is 221 g/mol. The lowest BCUT2D eigenvalue weighted by atomic mass is 10.2. The second kappa shape index (κ2) is 6.00. The average molecular weight is 221 g/mol. The Balaban J connectivity index is 2.42. The number of rotatable bonds is 5. The van der Waals surface area contributed by atoms with Crippen molar-refractivity contribution in [3.05, 3.63) is 24.3 Å². The molecule has 1 aromatic rings. The number of carbonyl (C=O) groups is 1. The molecule has 1 aromatic carbocycles. The first-order chi connectivity index (χ1) is 7.59. The van der Waals surface area contributed by atoms with Crippen LogP contribution >= 0.6 is 0 Å². The first-order valence-electron chi connectivity index (χ1n) is 5.35. The number of hydrogen-bond acceptors (Lipinski definition) is 3. The third kappa shape index (κ3) is 4.21. The summed E-state index contributed by atoms with van der Waals surface area (Å²) < 4.78 is 0. The van der Waals surface area contributed by atoms with Crippen molar-refractivity contribution in [2.75, 3.05) is 37.4 Å². The highest BCUT2D eigenvalue weighted by Crippen LogP contribution is 2.16. The van der Waals surface area contributed by atoms with E-state index < -0.39 is 0 Å². The van der Waals surface area contributed by atoms with E-state index in [1.807, 2.05) is 26.2 Å². The molecule has 0 spiro atoms. The normalized spacial score (nSPS) is 9.69. The van der Waals surface area contributed by atoms with Gasteiger partial charge in [0.2, 0.25) is 5.91 Å². The molecule has 4 nitrogen and oxygen atoms in total. The number of nitrogens with one attached hydrogen (secondary N) is 2. The fraction of sp³-hybridized carbons (Fsp3) is 0.417. The summed E-state index contributed by atoms with van der Waals surface area (Å²) in [5.74, 6) is 0.00356. The van der Waals surface area contributed by atoms with Gasteiger partial charge in [0, 0.05) is 45.5 Å². The maximum Gasteiger partial charge on any atom is 0.216 e. The van der Waals surface area contributed by atoms with Crippen LogP contribution in [0.15, 0.2) is 24.3 Å². The number of hydrogen-bond donors (Lipinski definition) is 2. The summed E-state index contributed by atoms with van der Waals surface area (Å²) in [5.41, 5.74) is 2.22. The quantitative estimate of drug-likeness (QED) is 0.737. The molecule has 88 valence electrons. The van der Waals surface area contributed by atoms with Crippen molar-refractivity contribution in [3.8, 4) is 0 Å². The van der Waals surface area contributed by atoms with Crippen LogP contribution in [0.5, 0.6) is 0 Å². The van der Waals surface area contributed by atoms with E-state index in [9.17, 15) is 4.79 Å². The molecule has 0 radical (unpaired) electrons. The summed E-state index contributed by atoms with van der Waals surface area (Å²) >= 11 is 0. The Kier molecular flexibility index (Phi) is 4.64. The van der Waals surface area contributed by atoms with Crippen LogP contribution in [-0.4, -0.2) is 33.1 Å². The van der Waals surface area contributed by atoms with Crippen LogP contribution in [0.1, 0.15) is 6.92 Å². The van der Waals surface area contributed by atoms with Crippen LogP contribution < -0.4 is 15.5 Å². The Labute approximate surface area is 96.6 Å². The predicted octanol–water partition coefficient (Wildman–Crippen LogP) is 1.30. The van der Waals surface area contributed by atoms with Gasteiger partial charge in [0.25, 0.3) is 0 Å². The molecule has 0 atom stereocenters. The lowest BCUT2D eigenvalue weighted by molar-refractivity contribution is -0.118. The number of carbonyl (C=O) groups excluding carboxylic acids is 1. The van der Waals surface area contributed by atoms with Crippen LogP contribution in [0.2, 0.25) is 0 Å². The maximum absolute atomic E-state index is 10.7. The van der Waals surface area contributed by atoms with Gasteiger partial charge in [-0.1, -0.05) is 6.07 Å². The van der Waals surface area contributed by atoms with Gasteiger partial charge in [-0.2, -0.15) is 0 Å². The second-order valence-corrected chi connectivity index (χ2v) is 3.85. The number of amides is 1. The molecule has 1 rings (SSSR count). The molecule has 0 unspecified atom stereocenters. The first kappa shape index (κ1) is 12.4. The van der Waals surface area contributed by atoms with Crippen LogP contribution in [0.4, 0.5) is 11.4 Å². The molecule has 16 heavy (non-hydrogen) atoms. The highest BCUT2D eigenvalue weighted by atomic mass is 16.1. The Bertz CT molecular complexity index is 350. The van der Waals surface area contributed by atoms with Gasteiger partial charge in [-0.05, 0) is 18.2 Å². The fourth-order valence-corrected chi connectivity index (χ4v) is 1.34. The van der Waals surface area contributed by atoms with E-state index in [0.29, 0.717) is 6.54 Å². The largest absolute Gasteiger partial charge is 0.383 e. The lowest BCUT2D eigenvalue weighted by Gasteiger charge is -2.14. The van der Waals surface area contributed by atoms with Crippen LogP contribution in [-0.2, 0) is 4.79 Å². The number of anilines is 2. The molecule has 0 bridgehead atoms. The van der Waals surface area contributed by atoms with Crippen molar-refractivity contribution in [1.82, 2.24) is 5.32 Å². The van der Waals surface area contributed by atoms with Crippen LogP contribution in [0, 0.1) is 0 Å². The van der Waals surface area contributed by atoms with Crippen molar-refractivity contribution in [2.24, 2.45) is 0 Å². The first-order valence-corrected chi connectivity index (χ1v) is 5.35. The molecule has 4 heteroatoms. The average Bonchev–Trinajstić information content (AvgIpc) is 2.24. The van der Waals surface area contributed by atoms with E-state index in [-0.39, 0.29) is 5.91 Å². The van der Waals surface area contributed by atoms with Crippen molar-refractivity contribution in [1.29, 1.82) is 0 Å². The zero-order valence-electron chi connectivity index (χ0n) is 10.1. The third-order valence-corrected chi connectivity index (χ3v) is 2.19. The molecule has 0 saturated heterocycles. The van der Waals surface area contributed by atoms with E-state index in [0.717, 1.165) is 17.9 Å². The fourth-order valence-electron chi connectivity index (χ4n) is 1.34. The van der Waals surface area contributed by atoms with Gasteiger partial charge in [-0.3, -0.25) is 4.79 Å². The van der Waals surface area contributed by atoms with Gasteiger partial charge in [-0.25, -0.2) is 0 Å². The highest BCUT2D eigenvalue weighted by Gasteiger charge is 1.97.